The Morgan fingerprint density at radius 2 is 1.13 bits per heavy atom. The molecule has 0 radical (unpaired) electrons. The van der Waals surface area contributed by atoms with Crippen molar-refractivity contribution in [3.63, 3.8) is 0 Å². The van der Waals surface area contributed by atoms with Crippen molar-refractivity contribution < 1.29 is 9.47 Å². The van der Waals surface area contributed by atoms with Gasteiger partial charge in [0, 0.05) is 13.8 Å². The average molecular weight is 218 g/mol. The molecule has 0 fully saturated rings. The van der Waals surface area contributed by atoms with E-state index in [9.17, 15) is 0 Å². The Kier molecular flexibility index (Phi) is 14.3. The van der Waals surface area contributed by atoms with Crippen molar-refractivity contribution in [1.29, 1.82) is 0 Å². The molecule has 4 heteroatoms. The molecule has 4 nitrogen and oxygen atoms in total. The Hall–Kier alpha value is -1.06. The van der Waals surface area contributed by atoms with Crippen molar-refractivity contribution in [2.45, 2.75) is 36.1 Å². The highest BCUT2D eigenvalue weighted by Crippen LogP contribution is 1.90. The summed E-state index contributed by atoms with van der Waals surface area (Å²) in [5.41, 5.74) is 0. The van der Waals surface area contributed by atoms with E-state index in [1.807, 2.05) is 13.8 Å². The van der Waals surface area contributed by atoms with Crippen LogP contribution < -0.4 is 0 Å². The first-order chi connectivity index (χ1) is 5.79. The lowest BCUT2D eigenvalue weighted by Crippen LogP contribution is -1.89. The largest absolute Gasteiger partial charge is 0.479 e. The van der Waals surface area contributed by atoms with Crippen molar-refractivity contribution in [3.05, 3.63) is 0 Å². The molecule has 0 spiro atoms. The van der Waals surface area contributed by atoms with Crippen molar-refractivity contribution in [3.8, 4) is 0 Å². The summed E-state index contributed by atoms with van der Waals surface area (Å²) in [6, 6.07) is 0. The van der Waals surface area contributed by atoms with Gasteiger partial charge < -0.3 is 9.47 Å². The fourth-order valence-corrected chi connectivity index (χ4v) is 0.884. The Balaban J connectivity index is -0.000000160. The van der Waals surface area contributed by atoms with Gasteiger partial charge in [-0.1, -0.05) is 22.3 Å². The lowest BCUT2D eigenvalue weighted by atomic mass is 10.8. The van der Waals surface area contributed by atoms with Crippen LogP contribution in [0, 0.1) is 0 Å². The third-order valence-corrected chi connectivity index (χ3v) is 1.47. The summed E-state index contributed by atoms with van der Waals surface area (Å²) in [5, 5.41) is 0. The fraction of sp³-hybridized carbons (Fsp3) is 0.818. The second-order valence-electron chi connectivity index (χ2n) is 2.50. The Morgan fingerprint density at radius 1 is 0.800 bits per heavy atom. The monoisotopic (exact) mass is 218 g/mol. The summed E-state index contributed by atoms with van der Waals surface area (Å²) >= 11 is 0. The van der Waals surface area contributed by atoms with Crippen LogP contribution in [0.3, 0.4) is 0 Å². The molecule has 15 heavy (non-hydrogen) atoms. The summed E-state index contributed by atoms with van der Waals surface area (Å²) in [6.45, 7) is 7.01. The SMILES string of the molecule is C.C.C.CC1=NCCO1.CC1=NCCO1. The summed E-state index contributed by atoms with van der Waals surface area (Å²) in [7, 11) is 0. The molecule has 0 saturated heterocycles. The molecule has 0 amide bonds. The van der Waals surface area contributed by atoms with Crippen molar-refractivity contribution in [2.75, 3.05) is 26.3 Å². The van der Waals surface area contributed by atoms with Gasteiger partial charge in [-0.2, -0.15) is 0 Å². The number of aliphatic imine (C=N–C) groups is 2. The van der Waals surface area contributed by atoms with Gasteiger partial charge in [-0.15, -0.1) is 0 Å². The maximum absolute atomic E-state index is 4.90. The number of rotatable bonds is 0. The number of hydrogen-bond acceptors (Lipinski definition) is 4. The van der Waals surface area contributed by atoms with Crippen molar-refractivity contribution in [1.82, 2.24) is 0 Å². The van der Waals surface area contributed by atoms with Crippen LogP contribution in [-0.4, -0.2) is 38.1 Å². The molecular formula is C11H26N2O2. The van der Waals surface area contributed by atoms with Crippen LogP contribution in [-0.2, 0) is 9.47 Å². The Bertz CT molecular complexity index is 179. The van der Waals surface area contributed by atoms with Crippen LogP contribution in [0.25, 0.3) is 0 Å². The minimum Gasteiger partial charge on any atom is -0.479 e. The summed E-state index contributed by atoms with van der Waals surface area (Å²) in [5.74, 6) is 1.66. The first-order valence-electron chi connectivity index (χ1n) is 4.07. The first-order valence-corrected chi connectivity index (χ1v) is 4.07. The number of nitrogens with zero attached hydrogens (tertiary/aromatic N) is 2. The summed E-state index contributed by atoms with van der Waals surface area (Å²) < 4.78 is 9.81. The summed E-state index contributed by atoms with van der Waals surface area (Å²) in [6.07, 6.45) is 0. The second-order valence-corrected chi connectivity index (χ2v) is 2.50. The van der Waals surface area contributed by atoms with Crippen LogP contribution in [0.2, 0.25) is 0 Å². The standard InChI is InChI=1S/2C4H7NO.3CH4/c2*1-4-5-2-3-6-4;;;/h2*2-3H2,1H3;3*1H4. The Labute approximate surface area is 94.4 Å². The number of ether oxygens (including phenoxy) is 2. The molecule has 0 aliphatic carbocycles. The number of hydrogen-bond donors (Lipinski definition) is 0. The third kappa shape index (κ3) is 9.25. The van der Waals surface area contributed by atoms with Gasteiger partial charge in [0.15, 0.2) is 11.8 Å². The molecule has 0 aromatic heterocycles. The topological polar surface area (TPSA) is 43.2 Å². The molecule has 0 atom stereocenters. The maximum Gasteiger partial charge on any atom is 0.180 e. The van der Waals surface area contributed by atoms with Gasteiger partial charge in [-0.05, 0) is 0 Å². The predicted molar refractivity (Wildman–Crippen MR) is 68.0 cm³/mol. The molecular weight excluding hydrogens is 192 g/mol. The molecule has 2 aliphatic rings. The molecule has 2 rings (SSSR count). The Morgan fingerprint density at radius 3 is 1.20 bits per heavy atom. The smallest absolute Gasteiger partial charge is 0.180 e. The predicted octanol–water partition coefficient (Wildman–Crippen LogP) is 2.78. The van der Waals surface area contributed by atoms with E-state index in [2.05, 4.69) is 9.98 Å². The second kappa shape index (κ2) is 11.0. The minimum absolute atomic E-state index is 0. The summed E-state index contributed by atoms with van der Waals surface area (Å²) in [4.78, 5) is 7.86. The van der Waals surface area contributed by atoms with E-state index in [1.165, 1.54) is 0 Å². The highest BCUT2D eigenvalue weighted by atomic mass is 16.5. The van der Waals surface area contributed by atoms with Gasteiger partial charge in [-0.25, -0.2) is 0 Å². The molecule has 0 aromatic carbocycles. The lowest BCUT2D eigenvalue weighted by Gasteiger charge is -1.86. The molecule has 0 N–H and O–H groups in total. The van der Waals surface area contributed by atoms with E-state index in [0.717, 1.165) is 38.1 Å². The van der Waals surface area contributed by atoms with Crippen LogP contribution in [0.5, 0.6) is 0 Å². The zero-order chi connectivity index (χ0) is 8.81. The van der Waals surface area contributed by atoms with E-state index in [-0.39, 0.29) is 22.3 Å². The molecule has 2 aliphatic heterocycles. The third-order valence-electron chi connectivity index (χ3n) is 1.47. The zero-order valence-corrected chi connectivity index (χ0v) is 7.54. The van der Waals surface area contributed by atoms with Gasteiger partial charge in [-0.3, -0.25) is 9.98 Å². The highest BCUT2D eigenvalue weighted by Gasteiger charge is 1.96. The average Bonchev–Trinajstić information content (AvgIpc) is 2.63. The molecule has 92 valence electrons. The molecule has 0 bridgehead atoms. The van der Waals surface area contributed by atoms with Crippen LogP contribution in [0.15, 0.2) is 9.98 Å². The molecule has 0 saturated carbocycles. The normalized spacial score (nSPS) is 15.9. The van der Waals surface area contributed by atoms with Crippen molar-refractivity contribution in [2.24, 2.45) is 9.98 Å². The van der Waals surface area contributed by atoms with E-state index in [1.54, 1.807) is 0 Å². The van der Waals surface area contributed by atoms with Crippen LogP contribution >= 0.6 is 0 Å². The van der Waals surface area contributed by atoms with E-state index in [4.69, 9.17) is 9.47 Å². The lowest BCUT2D eigenvalue weighted by molar-refractivity contribution is 0.344. The minimum atomic E-state index is 0. The van der Waals surface area contributed by atoms with Crippen molar-refractivity contribution >= 4 is 11.8 Å². The molecule has 0 unspecified atom stereocenters. The van der Waals surface area contributed by atoms with Crippen LogP contribution in [0.4, 0.5) is 0 Å². The molecule has 0 aromatic rings. The van der Waals surface area contributed by atoms with Gasteiger partial charge in [0.25, 0.3) is 0 Å². The van der Waals surface area contributed by atoms with Gasteiger partial charge in [0.1, 0.15) is 13.2 Å². The van der Waals surface area contributed by atoms with Gasteiger partial charge >= 0.3 is 0 Å². The van der Waals surface area contributed by atoms with Gasteiger partial charge in [0.2, 0.25) is 0 Å². The zero-order valence-electron chi connectivity index (χ0n) is 7.54. The first kappa shape index (κ1) is 19.5. The maximum atomic E-state index is 4.90. The van der Waals surface area contributed by atoms with E-state index in [0.29, 0.717) is 0 Å². The van der Waals surface area contributed by atoms with E-state index < -0.39 is 0 Å². The van der Waals surface area contributed by atoms with Crippen LogP contribution in [0.1, 0.15) is 36.1 Å². The van der Waals surface area contributed by atoms with E-state index >= 15 is 0 Å². The fourth-order valence-electron chi connectivity index (χ4n) is 0.884. The van der Waals surface area contributed by atoms with Gasteiger partial charge in [0.05, 0.1) is 13.1 Å². The quantitative estimate of drug-likeness (QED) is 0.627. The molecule has 2 heterocycles. The highest BCUT2D eigenvalue weighted by molar-refractivity contribution is 5.74.